The van der Waals surface area contributed by atoms with Crippen LogP contribution in [0.4, 0.5) is 10.8 Å². The molecular weight excluding hydrogens is 358 g/mol. The minimum Gasteiger partial charge on any atom is -0.497 e. The highest BCUT2D eigenvalue weighted by atomic mass is 32.2. The Morgan fingerprint density at radius 3 is 2.64 bits per heavy atom. The third kappa shape index (κ3) is 4.49. The van der Waals surface area contributed by atoms with E-state index in [0.717, 1.165) is 17.0 Å². The van der Waals surface area contributed by atoms with Gasteiger partial charge in [-0.15, -0.1) is 11.3 Å². The third-order valence-corrected chi connectivity index (χ3v) is 5.62. The van der Waals surface area contributed by atoms with Gasteiger partial charge in [0.15, 0.2) is 5.13 Å². The zero-order valence-electron chi connectivity index (χ0n) is 13.5. The summed E-state index contributed by atoms with van der Waals surface area (Å²) in [6.07, 6.45) is 1.55. The number of rotatable bonds is 7. The van der Waals surface area contributed by atoms with Crippen LogP contribution in [0.25, 0.3) is 0 Å². The lowest BCUT2D eigenvalue weighted by molar-refractivity contribution is 0.414. The molecule has 8 heteroatoms. The van der Waals surface area contributed by atoms with Crippen molar-refractivity contribution in [2.24, 2.45) is 0 Å². The summed E-state index contributed by atoms with van der Waals surface area (Å²) in [6.45, 7) is 0.612. The molecule has 3 aromatic rings. The molecule has 0 fully saturated rings. The van der Waals surface area contributed by atoms with Crippen molar-refractivity contribution in [2.45, 2.75) is 11.4 Å². The third-order valence-electron chi connectivity index (χ3n) is 3.45. The van der Waals surface area contributed by atoms with Crippen molar-refractivity contribution in [2.75, 3.05) is 17.1 Å². The number of nitrogens with one attached hydrogen (secondary N) is 2. The van der Waals surface area contributed by atoms with Crippen molar-refractivity contribution in [1.82, 2.24) is 4.98 Å². The second kappa shape index (κ2) is 7.54. The van der Waals surface area contributed by atoms with E-state index in [1.165, 1.54) is 11.3 Å². The Hall–Kier alpha value is -2.58. The van der Waals surface area contributed by atoms with Gasteiger partial charge in [0.1, 0.15) is 5.75 Å². The first kappa shape index (κ1) is 17.2. The summed E-state index contributed by atoms with van der Waals surface area (Å²) in [4.78, 5) is 4.12. The summed E-state index contributed by atoms with van der Waals surface area (Å²) in [5, 5.41) is 5.31. The average Bonchev–Trinajstić information content (AvgIpc) is 3.13. The number of nitrogens with zero attached hydrogens (tertiary/aromatic N) is 1. The molecule has 0 aliphatic rings. The largest absolute Gasteiger partial charge is 0.497 e. The summed E-state index contributed by atoms with van der Waals surface area (Å²) in [7, 11) is -1.99. The molecule has 3 rings (SSSR count). The normalized spacial score (nSPS) is 11.1. The molecule has 0 aliphatic heterocycles. The van der Waals surface area contributed by atoms with Crippen LogP contribution in [0.1, 0.15) is 5.56 Å². The molecule has 0 bridgehead atoms. The molecule has 0 saturated carbocycles. The topological polar surface area (TPSA) is 80.3 Å². The molecule has 0 saturated heterocycles. The van der Waals surface area contributed by atoms with Gasteiger partial charge in [-0.3, -0.25) is 4.72 Å². The van der Waals surface area contributed by atoms with Crippen LogP contribution >= 0.6 is 11.3 Å². The van der Waals surface area contributed by atoms with E-state index in [1.54, 1.807) is 43.0 Å². The van der Waals surface area contributed by atoms with Crippen molar-refractivity contribution < 1.29 is 13.2 Å². The number of sulfonamides is 1. The molecule has 0 spiro atoms. The second-order valence-corrected chi connectivity index (χ2v) is 7.75. The lowest BCUT2D eigenvalue weighted by atomic mass is 10.2. The van der Waals surface area contributed by atoms with Crippen molar-refractivity contribution in [1.29, 1.82) is 0 Å². The number of benzene rings is 2. The van der Waals surface area contributed by atoms with Gasteiger partial charge in [-0.2, -0.15) is 0 Å². The van der Waals surface area contributed by atoms with Crippen LogP contribution in [0.15, 0.2) is 65.0 Å². The first-order valence-corrected chi connectivity index (χ1v) is 9.82. The lowest BCUT2D eigenvalue weighted by Gasteiger charge is -2.09. The predicted octanol–water partition coefficient (Wildman–Crippen LogP) is 3.56. The fourth-order valence-corrected chi connectivity index (χ4v) is 3.97. The van der Waals surface area contributed by atoms with Gasteiger partial charge in [-0.05, 0) is 42.0 Å². The number of ether oxygens (including phenoxy) is 1. The average molecular weight is 375 g/mol. The van der Waals surface area contributed by atoms with Crippen molar-refractivity contribution >= 4 is 32.2 Å². The zero-order valence-corrected chi connectivity index (χ0v) is 15.1. The van der Waals surface area contributed by atoms with Crippen LogP contribution in [0.5, 0.6) is 5.75 Å². The van der Waals surface area contributed by atoms with Crippen LogP contribution in [0.2, 0.25) is 0 Å². The molecule has 130 valence electrons. The van der Waals surface area contributed by atoms with E-state index in [0.29, 0.717) is 11.7 Å². The van der Waals surface area contributed by atoms with Gasteiger partial charge in [0, 0.05) is 23.8 Å². The monoisotopic (exact) mass is 375 g/mol. The van der Waals surface area contributed by atoms with Crippen LogP contribution in [0.3, 0.4) is 0 Å². The van der Waals surface area contributed by atoms with Crippen LogP contribution < -0.4 is 14.8 Å². The predicted molar refractivity (Wildman–Crippen MR) is 99.7 cm³/mol. The Labute approximate surface area is 150 Å². The van der Waals surface area contributed by atoms with Crippen LogP contribution in [-0.4, -0.2) is 20.5 Å². The standard InChI is InChI=1S/C17H17N3O3S2/c1-23-15-4-2-3-13(11-15)12-19-14-5-7-16(8-6-14)25(21,22)20-17-18-9-10-24-17/h2-11,19H,12H2,1H3,(H,18,20). The Balaban J connectivity index is 1.65. The Bertz CT molecular complexity index is 924. The summed E-state index contributed by atoms with van der Waals surface area (Å²) >= 11 is 1.23. The van der Waals surface area contributed by atoms with Crippen molar-refractivity contribution in [3.8, 4) is 5.75 Å². The Morgan fingerprint density at radius 1 is 1.16 bits per heavy atom. The SMILES string of the molecule is COc1cccc(CNc2ccc(S(=O)(=O)Nc3nccs3)cc2)c1. The zero-order chi connectivity index (χ0) is 17.7. The smallest absolute Gasteiger partial charge is 0.263 e. The first-order valence-electron chi connectivity index (χ1n) is 7.46. The van der Waals surface area contributed by atoms with Gasteiger partial charge in [0.05, 0.1) is 12.0 Å². The molecule has 2 aromatic carbocycles. The van der Waals surface area contributed by atoms with Gasteiger partial charge >= 0.3 is 0 Å². The Kier molecular flexibility index (Phi) is 5.20. The van der Waals surface area contributed by atoms with Crippen molar-refractivity contribution in [3.05, 3.63) is 65.7 Å². The number of aromatic nitrogens is 1. The molecular formula is C17H17N3O3S2. The molecule has 25 heavy (non-hydrogen) atoms. The van der Waals surface area contributed by atoms with E-state index in [2.05, 4.69) is 15.0 Å². The van der Waals surface area contributed by atoms with E-state index in [9.17, 15) is 8.42 Å². The molecule has 2 N–H and O–H groups in total. The summed E-state index contributed by atoms with van der Waals surface area (Å²) < 4.78 is 32.2. The van der Waals surface area contributed by atoms with Gasteiger partial charge < -0.3 is 10.1 Å². The summed E-state index contributed by atoms with van der Waals surface area (Å²) in [5.74, 6) is 0.800. The fourth-order valence-electron chi connectivity index (χ4n) is 2.19. The van der Waals surface area contributed by atoms with Gasteiger partial charge in [-0.1, -0.05) is 12.1 Å². The Morgan fingerprint density at radius 2 is 1.96 bits per heavy atom. The van der Waals surface area contributed by atoms with E-state index in [1.807, 2.05) is 24.3 Å². The maximum Gasteiger partial charge on any atom is 0.263 e. The summed E-state index contributed by atoms with van der Waals surface area (Å²) in [6, 6.07) is 14.3. The van der Waals surface area contributed by atoms with E-state index >= 15 is 0 Å². The highest BCUT2D eigenvalue weighted by molar-refractivity contribution is 7.93. The van der Waals surface area contributed by atoms with Crippen molar-refractivity contribution in [3.63, 3.8) is 0 Å². The highest BCUT2D eigenvalue weighted by Gasteiger charge is 2.15. The molecule has 0 atom stereocenters. The molecule has 0 aliphatic carbocycles. The quantitative estimate of drug-likeness (QED) is 0.660. The van der Waals surface area contributed by atoms with Crippen LogP contribution in [-0.2, 0) is 16.6 Å². The van der Waals surface area contributed by atoms with E-state index in [-0.39, 0.29) is 4.90 Å². The van der Waals surface area contributed by atoms with Gasteiger partial charge in [-0.25, -0.2) is 13.4 Å². The minimum absolute atomic E-state index is 0.189. The molecule has 0 radical (unpaired) electrons. The van der Waals surface area contributed by atoms with Crippen LogP contribution in [0, 0.1) is 0 Å². The molecule has 6 nitrogen and oxygen atoms in total. The van der Waals surface area contributed by atoms with E-state index in [4.69, 9.17) is 4.74 Å². The number of hydrogen-bond donors (Lipinski definition) is 2. The fraction of sp³-hybridized carbons (Fsp3) is 0.118. The first-order chi connectivity index (χ1) is 12.1. The number of hydrogen-bond acceptors (Lipinski definition) is 6. The van der Waals surface area contributed by atoms with Gasteiger partial charge in [0.25, 0.3) is 10.0 Å². The summed E-state index contributed by atoms with van der Waals surface area (Å²) in [5.41, 5.74) is 1.90. The molecule has 0 unspecified atom stereocenters. The maximum atomic E-state index is 12.3. The molecule has 0 amide bonds. The highest BCUT2D eigenvalue weighted by Crippen LogP contribution is 2.20. The van der Waals surface area contributed by atoms with Gasteiger partial charge in [0.2, 0.25) is 0 Å². The minimum atomic E-state index is -3.62. The molecule has 1 aromatic heterocycles. The maximum absolute atomic E-state index is 12.3. The molecule has 1 heterocycles. The number of thiazole rings is 1. The lowest BCUT2D eigenvalue weighted by Crippen LogP contribution is -2.12. The number of anilines is 2. The van der Waals surface area contributed by atoms with E-state index < -0.39 is 10.0 Å². The number of methoxy groups -OCH3 is 1. The second-order valence-electron chi connectivity index (χ2n) is 5.17.